The van der Waals surface area contributed by atoms with E-state index in [4.69, 9.17) is 14.7 Å². The van der Waals surface area contributed by atoms with E-state index in [-0.39, 0.29) is 23.2 Å². The molecule has 0 saturated heterocycles. The van der Waals surface area contributed by atoms with Crippen molar-refractivity contribution in [1.29, 1.82) is 10.5 Å². The zero-order chi connectivity index (χ0) is 43.7. The molecule has 5 rings (SSSR count). The Labute approximate surface area is 366 Å². The molecule has 2 aliphatic rings. The van der Waals surface area contributed by atoms with Crippen LogP contribution in [0.2, 0.25) is 0 Å². The van der Waals surface area contributed by atoms with E-state index >= 15 is 0 Å². The maximum absolute atomic E-state index is 12.8. The van der Waals surface area contributed by atoms with Crippen molar-refractivity contribution in [1.82, 2.24) is 0 Å². The van der Waals surface area contributed by atoms with Gasteiger partial charge in [-0.2, -0.15) is 10.5 Å². The highest BCUT2D eigenvalue weighted by Crippen LogP contribution is 2.51. The zero-order valence-electron chi connectivity index (χ0n) is 36.5. The minimum absolute atomic E-state index is 0.00653. The highest BCUT2D eigenvalue weighted by atomic mass is 79.9. The minimum atomic E-state index is -0.586. The molecule has 1 atom stereocenters. The molecule has 0 N–H and O–H groups in total. The van der Waals surface area contributed by atoms with E-state index in [1.165, 1.54) is 33.7 Å². The number of esters is 2. The van der Waals surface area contributed by atoms with Gasteiger partial charge in [0.2, 0.25) is 0 Å². The zero-order valence-corrected chi connectivity index (χ0v) is 38.1. The van der Waals surface area contributed by atoms with E-state index in [0.29, 0.717) is 12.5 Å². The normalized spacial score (nSPS) is 16.1. The van der Waals surface area contributed by atoms with Crippen LogP contribution in [0.3, 0.4) is 0 Å². The Hall–Kier alpha value is -5.38. The van der Waals surface area contributed by atoms with Crippen molar-refractivity contribution in [2.75, 3.05) is 36.1 Å². The summed E-state index contributed by atoms with van der Waals surface area (Å²) < 4.78 is 11.5. The van der Waals surface area contributed by atoms with E-state index in [1.807, 2.05) is 36.4 Å². The van der Waals surface area contributed by atoms with Gasteiger partial charge in [-0.1, -0.05) is 126 Å². The predicted octanol–water partition coefficient (Wildman–Crippen LogP) is 12.8. The maximum atomic E-state index is 12.8. The quantitative estimate of drug-likeness (QED) is 0.0750. The fourth-order valence-corrected chi connectivity index (χ4v) is 8.00. The number of carbonyl (C=O) groups excluding carboxylic acids is 2. The van der Waals surface area contributed by atoms with Crippen molar-refractivity contribution in [2.45, 2.75) is 105 Å². The Morgan fingerprint density at radius 1 is 0.783 bits per heavy atom. The Morgan fingerprint density at radius 2 is 1.43 bits per heavy atom. The van der Waals surface area contributed by atoms with Crippen molar-refractivity contribution in [3.8, 4) is 12.1 Å². The molecule has 3 aromatic carbocycles. The van der Waals surface area contributed by atoms with Crippen LogP contribution >= 0.6 is 15.9 Å². The first-order valence-corrected chi connectivity index (χ1v) is 22.3. The van der Waals surface area contributed by atoms with Crippen LogP contribution in [0.4, 0.5) is 11.4 Å². The minimum Gasteiger partial charge on any atom is -0.462 e. The van der Waals surface area contributed by atoms with Gasteiger partial charge in [0, 0.05) is 45.7 Å². The van der Waals surface area contributed by atoms with E-state index < -0.39 is 11.9 Å². The molecule has 0 aromatic heterocycles. The lowest BCUT2D eigenvalue weighted by molar-refractivity contribution is -0.140. The number of anilines is 2. The van der Waals surface area contributed by atoms with Gasteiger partial charge in [-0.25, -0.2) is 9.59 Å². The van der Waals surface area contributed by atoms with Gasteiger partial charge in [0.15, 0.2) is 0 Å². The van der Waals surface area contributed by atoms with Crippen LogP contribution in [0.25, 0.3) is 16.8 Å². The summed E-state index contributed by atoms with van der Waals surface area (Å²) in [6.07, 6.45) is 19.5. The van der Waals surface area contributed by atoms with Crippen LogP contribution in [0, 0.1) is 28.6 Å². The van der Waals surface area contributed by atoms with Gasteiger partial charge in [0.25, 0.3) is 0 Å². The Morgan fingerprint density at radius 3 is 2.08 bits per heavy atom. The number of hydrogen-bond acceptors (Lipinski definition) is 8. The van der Waals surface area contributed by atoms with Crippen molar-refractivity contribution < 1.29 is 19.1 Å². The Kier molecular flexibility index (Phi) is 18.5. The molecular weight excluding hydrogens is 812 g/mol. The number of carbonyl (C=O) groups is 2. The topological polar surface area (TPSA) is 107 Å². The summed E-state index contributed by atoms with van der Waals surface area (Å²) in [6, 6.07) is 23.0. The summed E-state index contributed by atoms with van der Waals surface area (Å²) in [5.41, 5.74) is 6.61. The molecule has 0 amide bonds. The fraction of sp³-hybridized carbons (Fsp3) is 0.412. The number of ether oxygens (including phenoxy) is 2. The third kappa shape index (κ3) is 11.9. The number of hydrogen-bond donors (Lipinski definition) is 0. The summed E-state index contributed by atoms with van der Waals surface area (Å²) in [7, 11) is 0. The largest absolute Gasteiger partial charge is 0.462 e. The van der Waals surface area contributed by atoms with Crippen molar-refractivity contribution in [2.24, 2.45) is 5.92 Å². The Balaban J connectivity index is 0.000000287. The maximum Gasteiger partial charge on any atom is 0.348 e. The van der Waals surface area contributed by atoms with Gasteiger partial charge in [0.1, 0.15) is 23.3 Å². The van der Waals surface area contributed by atoms with Crippen LogP contribution < -0.4 is 9.80 Å². The first-order valence-electron chi connectivity index (χ1n) is 21.5. The number of nitriles is 2. The number of nitrogens with zero attached hydrogens (tertiary/aromatic N) is 4. The van der Waals surface area contributed by atoms with Gasteiger partial charge >= 0.3 is 11.9 Å². The number of allylic oxidation sites excluding steroid dienone is 6. The molecular formula is C51H61BrN4O4. The van der Waals surface area contributed by atoms with Crippen LogP contribution in [0.15, 0.2) is 112 Å². The summed E-state index contributed by atoms with van der Waals surface area (Å²) >= 11 is 3.60. The van der Waals surface area contributed by atoms with Crippen molar-refractivity contribution in [3.63, 3.8) is 0 Å². The van der Waals surface area contributed by atoms with Gasteiger partial charge < -0.3 is 19.3 Å². The SMILES string of the molecule is CCCCC(CC)COC(=O)/C(C#N)=C/C=C1\N(CCCC)c2ccc3cc(Br)ccc3c2C1(C)C.CCCCN1/C(=C/C=C(/C#N)C(=O)OCC)C=Cc2ccccc21. The number of halogens is 1. The first-order chi connectivity index (χ1) is 29.0. The van der Waals surface area contributed by atoms with Gasteiger partial charge in [-0.15, -0.1) is 0 Å². The number of unbranched alkanes of at least 4 members (excludes halogenated alkanes) is 3. The van der Waals surface area contributed by atoms with Crippen LogP contribution in [0.5, 0.6) is 0 Å². The van der Waals surface area contributed by atoms with E-state index in [0.717, 1.165) is 86.0 Å². The molecule has 0 spiro atoms. The lowest BCUT2D eigenvalue weighted by atomic mass is 9.81. The number of rotatable bonds is 17. The fourth-order valence-electron chi connectivity index (χ4n) is 7.62. The van der Waals surface area contributed by atoms with Crippen molar-refractivity contribution in [3.05, 3.63) is 123 Å². The Bertz CT molecular complexity index is 2220. The second-order valence-corrected chi connectivity index (χ2v) is 16.5. The summed E-state index contributed by atoms with van der Waals surface area (Å²) in [4.78, 5) is 29.1. The number of para-hydroxylation sites is 1. The molecule has 2 heterocycles. The van der Waals surface area contributed by atoms with Gasteiger partial charge in [-0.3, -0.25) is 0 Å². The molecule has 0 aliphatic carbocycles. The first kappa shape index (κ1) is 47.3. The second kappa shape index (κ2) is 23.4. The standard InChI is InChI=1S/C31H39BrN2O2.C20H22N2O2/c1-6-9-11-22(8-3)21-36-30(35)24(20-33)13-17-28-31(4,5)29-26-15-14-25(32)19-23(26)12-16-27(29)34(28)18-10-7-2;1-3-5-14-22-18(12-10-16-8-6-7-9-19(16)22)13-11-17(15-21)20(23)24-4-2/h12-17,19,22H,6-11,18,21H2,1-5H3;6-13H,3-5,14H2,1-2H3/b24-13+,28-17-;17-11-,18-13+. The monoisotopic (exact) mass is 872 g/mol. The molecule has 0 radical (unpaired) electrons. The van der Waals surface area contributed by atoms with Crippen LogP contribution in [-0.2, 0) is 24.5 Å². The third-order valence-electron chi connectivity index (χ3n) is 11.0. The van der Waals surface area contributed by atoms with E-state index in [9.17, 15) is 14.9 Å². The predicted molar refractivity (Wildman–Crippen MR) is 249 cm³/mol. The van der Waals surface area contributed by atoms with Crippen molar-refractivity contribution >= 4 is 56.1 Å². The average molecular weight is 874 g/mol. The molecule has 9 heteroatoms. The van der Waals surface area contributed by atoms with E-state index in [1.54, 1.807) is 19.1 Å². The molecule has 0 fully saturated rings. The third-order valence-corrected chi connectivity index (χ3v) is 11.5. The second-order valence-electron chi connectivity index (χ2n) is 15.6. The molecule has 0 bridgehead atoms. The van der Waals surface area contributed by atoms with Gasteiger partial charge in [0.05, 0.1) is 13.2 Å². The lowest BCUT2D eigenvalue weighted by Crippen LogP contribution is -2.27. The molecule has 60 heavy (non-hydrogen) atoms. The molecule has 1 unspecified atom stereocenters. The number of fused-ring (bicyclic) bond motifs is 4. The highest BCUT2D eigenvalue weighted by molar-refractivity contribution is 9.10. The van der Waals surface area contributed by atoms with Crippen LogP contribution in [-0.4, -0.2) is 38.2 Å². The van der Waals surface area contributed by atoms with Gasteiger partial charge in [-0.05, 0) is 109 Å². The average Bonchev–Trinajstić information content (AvgIpc) is 3.47. The molecule has 0 saturated carbocycles. The van der Waals surface area contributed by atoms with Crippen LogP contribution in [0.1, 0.15) is 111 Å². The summed E-state index contributed by atoms with van der Waals surface area (Å²) in [6.45, 7) is 17.2. The van der Waals surface area contributed by atoms with E-state index in [2.05, 4.69) is 116 Å². The highest BCUT2D eigenvalue weighted by Gasteiger charge is 2.41. The molecule has 8 nitrogen and oxygen atoms in total. The summed E-state index contributed by atoms with van der Waals surface area (Å²) in [5, 5.41) is 21.3. The lowest BCUT2D eigenvalue weighted by Gasteiger charge is -2.30. The molecule has 316 valence electrons. The number of benzene rings is 3. The smallest absolute Gasteiger partial charge is 0.348 e. The molecule has 3 aromatic rings. The molecule has 2 aliphatic heterocycles. The summed E-state index contributed by atoms with van der Waals surface area (Å²) in [5.74, 6) is -0.779.